The highest BCUT2D eigenvalue weighted by atomic mass is 31.2. The average Bonchev–Trinajstić information content (AvgIpc) is 3.43. The van der Waals surface area contributed by atoms with Crippen molar-refractivity contribution in [2.24, 2.45) is 0 Å². The number of aliphatic hydroxyl groups excluding tert-OH is 1. The van der Waals surface area contributed by atoms with Crippen molar-refractivity contribution in [2.75, 3.05) is 40.9 Å². The van der Waals surface area contributed by atoms with Gasteiger partial charge in [0.2, 0.25) is 5.91 Å². The molecule has 2 N–H and O–H groups in total. The first-order valence-corrected chi connectivity index (χ1v) is 35.2. The van der Waals surface area contributed by atoms with E-state index in [4.69, 9.17) is 9.05 Å². The van der Waals surface area contributed by atoms with Crippen LogP contribution < -0.4 is 10.2 Å². The largest absolute Gasteiger partial charge is 0.756 e. The summed E-state index contributed by atoms with van der Waals surface area (Å²) in [6, 6.07) is -0.924. The van der Waals surface area contributed by atoms with Gasteiger partial charge in [-0.2, -0.15) is 0 Å². The number of aliphatic hydroxyl groups is 1. The van der Waals surface area contributed by atoms with E-state index in [0.717, 1.165) is 103 Å². The summed E-state index contributed by atoms with van der Waals surface area (Å²) in [5.74, 6) is -0.228. The number of phosphoric ester groups is 1. The Labute approximate surface area is 501 Å². The third-order valence-electron chi connectivity index (χ3n) is 14.7. The first-order chi connectivity index (χ1) is 39.5. The number of amides is 1. The number of carbonyl (C=O) groups excluding carboxylic acids is 1. The third kappa shape index (κ3) is 64.6. The molecule has 3 unspecified atom stereocenters. The van der Waals surface area contributed by atoms with Gasteiger partial charge in [-0.3, -0.25) is 9.36 Å². The Morgan fingerprint density at radius 3 is 1.15 bits per heavy atom. The molecule has 0 aliphatic rings. The van der Waals surface area contributed by atoms with Gasteiger partial charge in [0.05, 0.1) is 39.9 Å². The molecule has 0 saturated heterocycles. The van der Waals surface area contributed by atoms with E-state index >= 15 is 0 Å². The fourth-order valence-corrected chi connectivity index (χ4v) is 10.2. The second-order valence-electron chi connectivity index (χ2n) is 23.8. The van der Waals surface area contributed by atoms with Crippen LogP contribution in [0.5, 0.6) is 0 Å². The number of carbonyl (C=O) groups is 1. The summed E-state index contributed by atoms with van der Waals surface area (Å²) < 4.78 is 23.4. The molecular weight excluding hydrogens is 1020 g/mol. The Morgan fingerprint density at radius 2 is 0.765 bits per heavy atom. The van der Waals surface area contributed by atoms with Crippen LogP contribution in [0, 0.1) is 0 Å². The maximum Gasteiger partial charge on any atom is 0.268 e. The van der Waals surface area contributed by atoms with Crippen molar-refractivity contribution in [3.05, 3.63) is 109 Å². The molecule has 1 amide bonds. The van der Waals surface area contributed by atoms with Crippen molar-refractivity contribution in [1.29, 1.82) is 0 Å². The lowest BCUT2D eigenvalue weighted by Gasteiger charge is -2.29. The highest BCUT2D eigenvalue weighted by Crippen LogP contribution is 2.38. The molecule has 0 aliphatic heterocycles. The van der Waals surface area contributed by atoms with Crippen molar-refractivity contribution in [1.82, 2.24) is 5.32 Å². The number of likely N-dealkylation sites (N-methyl/N-ethyl adjacent to an activating group) is 1. The Hall–Kier alpha value is -2.84. The average molecular weight is 1150 g/mol. The molecule has 0 radical (unpaired) electrons. The van der Waals surface area contributed by atoms with Crippen molar-refractivity contribution in [3.8, 4) is 0 Å². The van der Waals surface area contributed by atoms with E-state index in [1.165, 1.54) is 167 Å². The number of quaternary nitrogens is 1. The second kappa shape index (κ2) is 61.7. The lowest BCUT2D eigenvalue weighted by Crippen LogP contribution is -2.45. The van der Waals surface area contributed by atoms with E-state index < -0.39 is 26.6 Å². The van der Waals surface area contributed by atoms with Crippen LogP contribution in [0.2, 0.25) is 0 Å². The van der Waals surface area contributed by atoms with Crippen LogP contribution in [0.25, 0.3) is 0 Å². The predicted octanol–water partition coefficient (Wildman–Crippen LogP) is 20.9. The van der Waals surface area contributed by atoms with Crippen LogP contribution in [0.15, 0.2) is 109 Å². The van der Waals surface area contributed by atoms with Crippen LogP contribution in [-0.4, -0.2) is 68.5 Å². The van der Waals surface area contributed by atoms with Gasteiger partial charge in [0.1, 0.15) is 13.2 Å². The maximum absolute atomic E-state index is 13.0. The molecule has 0 aliphatic carbocycles. The van der Waals surface area contributed by atoms with E-state index in [2.05, 4.69) is 116 Å². The summed E-state index contributed by atoms with van der Waals surface area (Å²) in [4.78, 5) is 25.6. The molecule has 0 bridgehead atoms. The van der Waals surface area contributed by atoms with Crippen LogP contribution >= 0.6 is 7.82 Å². The van der Waals surface area contributed by atoms with Crippen LogP contribution in [0.1, 0.15) is 290 Å². The minimum Gasteiger partial charge on any atom is -0.756 e. The van der Waals surface area contributed by atoms with Gasteiger partial charge in [-0.05, 0) is 89.9 Å². The molecular formula is C72H129N2O6P. The zero-order valence-electron chi connectivity index (χ0n) is 53.5. The quantitative estimate of drug-likeness (QED) is 0.0272. The fraction of sp³-hybridized carbons (Fsp3) is 0.736. The molecule has 3 atom stereocenters. The Kier molecular flexibility index (Phi) is 59.5. The molecule has 9 heteroatoms. The SMILES string of the molecule is CC/C=C\C/C=C\C/C=C\C/C=C\C/C=C\C/C=C\C/C=C\CCCCCCCC(=O)NC(COP(=O)([O-])OCC[N+](C)(C)C)C(O)/C=C/CC/C=C/CCCCCCCCCCCCCCCCCCCCCCCCCCCC. The van der Waals surface area contributed by atoms with Gasteiger partial charge in [-0.1, -0.05) is 303 Å². The molecule has 0 fully saturated rings. The second-order valence-corrected chi connectivity index (χ2v) is 25.2. The van der Waals surface area contributed by atoms with Gasteiger partial charge in [0.25, 0.3) is 7.82 Å². The molecule has 0 aromatic carbocycles. The first-order valence-electron chi connectivity index (χ1n) is 33.7. The van der Waals surface area contributed by atoms with E-state index in [1.54, 1.807) is 6.08 Å². The number of allylic oxidation sites excluding steroid dienone is 17. The van der Waals surface area contributed by atoms with E-state index in [0.29, 0.717) is 17.4 Å². The predicted molar refractivity (Wildman–Crippen MR) is 352 cm³/mol. The smallest absolute Gasteiger partial charge is 0.268 e. The third-order valence-corrected chi connectivity index (χ3v) is 15.7. The summed E-state index contributed by atoms with van der Waals surface area (Å²) in [5, 5.41) is 13.9. The fourth-order valence-electron chi connectivity index (χ4n) is 9.50. The van der Waals surface area contributed by atoms with Gasteiger partial charge >= 0.3 is 0 Å². The zero-order valence-corrected chi connectivity index (χ0v) is 54.4. The maximum atomic E-state index is 13.0. The van der Waals surface area contributed by atoms with Gasteiger partial charge < -0.3 is 28.8 Å². The molecule has 8 nitrogen and oxygen atoms in total. The van der Waals surface area contributed by atoms with Crippen molar-refractivity contribution < 1.29 is 32.9 Å². The summed E-state index contributed by atoms with van der Waals surface area (Å²) in [6.45, 7) is 4.52. The van der Waals surface area contributed by atoms with Crippen LogP contribution in [-0.2, 0) is 18.4 Å². The van der Waals surface area contributed by atoms with Crippen LogP contribution in [0.3, 0.4) is 0 Å². The van der Waals surface area contributed by atoms with Crippen molar-refractivity contribution >= 4 is 13.7 Å². The summed E-state index contributed by atoms with van der Waals surface area (Å²) in [7, 11) is 1.22. The van der Waals surface area contributed by atoms with E-state index in [9.17, 15) is 19.4 Å². The lowest BCUT2D eigenvalue weighted by atomic mass is 10.0. The van der Waals surface area contributed by atoms with Crippen molar-refractivity contribution in [2.45, 2.75) is 302 Å². The molecule has 0 saturated carbocycles. The van der Waals surface area contributed by atoms with Crippen molar-refractivity contribution in [3.63, 3.8) is 0 Å². The molecule has 0 rings (SSSR count). The standard InChI is InChI=1S/C72H129N2O6P/c1-6-8-10-12-14-16-18-20-22-24-26-28-30-32-34-35-36-37-38-40-41-43-45-47-49-51-53-55-57-59-61-63-65-71(75)70(69-80-81(77,78)79-68-67-74(3,4)5)73-72(76)66-64-62-60-58-56-54-52-50-48-46-44-42-39-33-31-29-27-25-23-21-19-17-15-13-11-9-7-2/h9,11,15,17,21,23,27,29,33,39,44,46,50,52,55,57,63,65,70-71,75H,6-8,10,12-14,16,18-20,22,24-26,28,30-32,34-38,40-43,45,47-49,51,53-54,56,58-62,64,66-69H2,1-5H3,(H-,73,76,77,78)/b11-9-,17-15-,23-21-,29-27-,39-33-,46-44-,52-50-,57-55+,65-63+. The molecule has 0 aromatic rings. The number of unbranched alkanes of at least 4 members (excludes halogenated alkanes) is 32. The Balaban J connectivity index is 4.20. The molecule has 468 valence electrons. The topological polar surface area (TPSA) is 108 Å². The van der Waals surface area contributed by atoms with Gasteiger partial charge in [0.15, 0.2) is 0 Å². The van der Waals surface area contributed by atoms with Gasteiger partial charge in [0, 0.05) is 6.42 Å². The summed E-state index contributed by atoms with van der Waals surface area (Å²) in [5.41, 5.74) is 0. The number of hydrogen-bond acceptors (Lipinski definition) is 6. The molecule has 0 heterocycles. The normalized spacial score (nSPS) is 14.4. The number of nitrogens with zero attached hydrogens (tertiary/aromatic N) is 1. The minimum atomic E-state index is -4.63. The summed E-state index contributed by atoms with van der Waals surface area (Å²) >= 11 is 0. The first kappa shape index (κ1) is 78.2. The zero-order chi connectivity index (χ0) is 59.1. The monoisotopic (exact) mass is 1150 g/mol. The van der Waals surface area contributed by atoms with Gasteiger partial charge in [-0.25, -0.2) is 0 Å². The lowest BCUT2D eigenvalue weighted by molar-refractivity contribution is -0.870. The Morgan fingerprint density at radius 1 is 0.444 bits per heavy atom. The highest BCUT2D eigenvalue weighted by molar-refractivity contribution is 7.45. The number of rotatable bonds is 61. The minimum absolute atomic E-state index is 0.0163. The molecule has 0 spiro atoms. The number of phosphoric acid groups is 1. The Bertz CT molecular complexity index is 1690. The highest BCUT2D eigenvalue weighted by Gasteiger charge is 2.23. The van der Waals surface area contributed by atoms with Crippen LogP contribution in [0.4, 0.5) is 0 Å². The van der Waals surface area contributed by atoms with E-state index in [1.807, 2.05) is 27.2 Å². The molecule has 0 aromatic heterocycles. The summed E-state index contributed by atoms with van der Waals surface area (Å²) in [6.07, 6.45) is 90.7. The van der Waals surface area contributed by atoms with E-state index in [-0.39, 0.29) is 12.5 Å². The number of hydrogen-bond donors (Lipinski definition) is 2. The van der Waals surface area contributed by atoms with Gasteiger partial charge in [-0.15, -0.1) is 0 Å². The molecule has 81 heavy (non-hydrogen) atoms. The number of nitrogens with one attached hydrogen (secondary N) is 1.